The van der Waals surface area contributed by atoms with Crippen LogP contribution in [0.2, 0.25) is 0 Å². The Balaban J connectivity index is 1.33. The number of thiazole rings is 1. The summed E-state index contributed by atoms with van der Waals surface area (Å²) in [5.41, 5.74) is 2.61. The van der Waals surface area contributed by atoms with Gasteiger partial charge in [-0.25, -0.2) is 4.98 Å². The average Bonchev–Trinajstić information content (AvgIpc) is 3.16. The van der Waals surface area contributed by atoms with Crippen LogP contribution < -0.4 is 10.6 Å². The Labute approximate surface area is 179 Å². The van der Waals surface area contributed by atoms with Crippen molar-refractivity contribution in [2.45, 2.75) is 52.1 Å². The molecule has 2 N–H and O–H groups in total. The van der Waals surface area contributed by atoms with Crippen molar-refractivity contribution >= 4 is 17.3 Å². The molecule has 1 saturated heterocycles. The normalized spacial score (nSPS) is 17.3. The van der Waals surface area contributed by atoms with Crippen LogP contribution in [0.15, 0.2) is 40.7 Å². The number of aromatic nitrogens is 1. The van der Waals surface area contributed by atoms with Crippen LogP contribution >= 0.6 is 11.3 Å². The highest BCUT2D eigenvalue weighted by molar-refractivity contribution is 7.09. The fourth-order valence-electron chi connectivity index (χ4n) is 3.83. The third-order valence-electron chi connectivity index (χ3n) is 5.63. The van der Waals surface area contributed by atoms with Gasteiger partial charge in [0.25, 0.3) is 0 Å². The van der Waals surface area contributed by atoms with Crippen molar-refractivity contribution in [2.24, 2.45) is 10.9 Å². The lowest BCUT2D eigenvalue weighted by molar-refractivity contribution is 0.176. The first kappa shape index (κ1) is 21.8. The van der Waals surface area contributed by atoms with Gasteiger partial charge in [0.2, 0.25) is 0 Å². The summed E-state index contributed by atoms with van der Waals surface area (Å²) >= 11 is 1.75. The molecule has 2 heterocycles. The molecule has 2 aromatic rings. The van der Waals surface area contributed by atoms with E-state index in [1.165, 1.54) is 24.1 Å². The van der Waals surface area contributed by atoms with Crippen molar-refractivity contribution in [2.75, 3.05) is 26.7 Å². The summed E-state index contributed by atoms with van der Waals surface area (Å²) in [6.45, 7) is 8.61. The van der Waals surface area contributed by atoms with Crippen LogP contribution in [0.5, 0.6) is 0 Å². The van der Waals surface area contributed by atoms with Gasteiger partial charge in [-0.3, -0.25) is 9.89 Å². The van der Waals surface area contributed by atoms with E-state index in [9.17, 15) is 0 Å². The third-order valence-corrected chi connectivity index (χ3v) is 6.46. The molecule has 3 rings (SSSR count). The molecule has 6 heteroatoms. The first-order valence-electron chi connectivity index (χ1n) is 10.8. The fraction of sp³-hybridized carbons (Fsp3) is 0.565. The average molecular weight is 414 g/mol. The van der Waals surface area contributed by atoms with Crippen LogP contribution in [0.1, 0.15) is 42.5 Å². The maximum atomic E-state index is 4.60. The lowest BCUT2D eigenvalue weighted by atomic mass is 9.97. The van der Waals surface area contributed by atoms with E-state index < -0.39 is 0 Å². The predicted octanol–water partition coefficient (Wildman–Crippen LogP) is 3.85. The van der Waals surface area contributed by atoms with E-state index in [1.54, 1.807) is 11.3 Å². The van der Waals surface area contributed by atoms with Crippen LogP contribution in [0.25, 0.3) is 0 Å². The van der Waals surface area contributed by atoms with E-state index in [1.807, 2.05) is 7.05 Å². The molecule has 0 amide bonds. The zero-order valence-corrected chi connectivity index (χ0v) is 18.8. The highest BCUT2D eigenvalue weighted by atomic mass is 32.1. The topological polar surface area (TPSA) is 52.6 Å². The third kappa shape index (κ3) is 7.44. The van der Waals surface area contributed by atoms with Gasteiger partial charge in [-0.05, 0) is 64.1 Å². The van der Waals surface area contributed by atoms with Crippen LogP contribution in [-0.2, 0) is 13.0 Å². The number of likely N-dealkylation sites (tertiary alicyclic amines) is 1. The number of guanidine groups is 1. The van der Waals surface area contributed by atoms with E-state index in [2.05, 4.69) is 75.1 Å². The summed E-state index contributed by atoms with van der Waals surface area (Å²) in [7, 11) is 1.86. The van der Waals surface area contributed by atoms with Crippen LogP contribution in [0.4, 0.5) is 0 Å². The molecule has 1 fully saturated rings. The molecule has 5 nitrogen and oxygen atoms in total. The van der Waals surface area contributed by atoms with E-state index in [0.717, 1.165) is 50.0 Å². The summed E-state index contributed by atoms with van der Waals surface area (Å²) in [5, 5.41) is 10.4. The number of hydrogen-bond donors (Lipinski definition) is 2. The molecule has 0 aliphatic carbocycles. The Hall–Kier alpha value is -1.92. The zero-order valence-electron chi connectivity index (χ0n) is 18.0. The second kappa shape index (κ2) is 11.3. The summed E-state index contributed by atoms with van der Waals surface area (Å²) in [6, 6.07) is 11.1. The lowest BCUT2D eigenvalue weighted by Gasteiger charge is -2.32. The lowest BCUT2D eigenvalue weighted by Crippen LogP contribution is -2.45. The Bertz CT molecular complexity index is 750. The maximum absolute atomic E-state index is 4.60. The van der Waals surface area contributed by atoms with Crippen molar-refractivity contribution in [3.63, 3.8) is 0 Å². The molecular formula is C23H35N5S. The van der Waals surface area contributed by atoms with Gasteiger partial charge in [-0.15, -0.1) is 11.3 Å². The molecular weight excluding hydrogens is 378 g/mol. The smallest absolute Gasteiger partial charge is 0.191 e. The SMILES string of the molecule is CN=C(NCC1CCN(Cc2csc(C)n2)CC1)NC(C)CCc1ccccc1. The highest BCUT2D eigenvalue weighted by Gasteiger charge is 2.20. The highest BCUT2D eigenvalue weighted by Crippen LogP contribution is 2.19. The molecule has 158 valence electrons. The predicted molar refractivity (Wildman–Crippen MR) is 124 cm³/mol. The van der Waals surface area contributed by atoms with Gasteiger partial charge in [0, 0.05) is 31.6 Å². The van der Waals surface area contributed by atoms with Crippen LogP contribution in [0.3, 0.4) is 0 Å². The number of aryl methyl sites for hydroxylation is 2. The number of piperidine rings is 1. The van der Waals surface area contributed by atoms with Crippen LogP contribution in [-0.4, -0.2) is 48.6 Å². The Morgan fingerprint density at radius 3 is 2.69 bits per heavy atom. The van der Waals surface area contributed by atoms with Gasteiger partial charge >= 0.3 is 0 Å². The van der Waals surface area contributed by atoms with E-state index in [4.69, 9.17) is 0 Å². The van der Waals surface area contributed by atoms with E-state index >= 15 is 0 Å². The number of hydrogen-bond acceptors (Lipinski definition) is 4. The second-order valence-corrected chi connectivity index (χ2v) is 9.16. The molecule has 1 aliphatic heterocycles. The van der Waals surface area contributed by atoms with Gasteiger partial charge in [-0.1, -0.05) is 30.3 Å². The zero-order chi connectivity index (χ0) is 20.5. The Morgan fingerprint density at radius 2 is 2.03 bits per heavy atom. The molecule has 29 heavy (non-hydrogen) atoms. The Kier molecular flexibility index (Phi) is 8.50. The Morgan fingerprint density at radius 1 is 1.28 bits per heavy atom. The number of aliphatic imine (C=N–C) groups is 1. The number of nitrogens with zero attached hydrogens (tertiary/aromatic N) is 3. The minimum Gasteiger partial charge on any atom is -0.356 e. The monoisotopic (exact) mass is 413 g/mol. The molecule has 1 atom stereocenters. The first-order valence-corrected chi connectivity index (χ1v) is 11.6. The van der Waals surface area contributed by atoms with Crippen molar-refractivity contribution < 1.29 is 0 Å². The molecule has 1 unspecified atom stereocenters. The number of rotatable bonds is 8. The van der Waals surface area contributed by atoms with Crippen molar-refractivity contribution in [3.05, 3.63) is 52.0 Å². The minimum absolute atomic E-state index is 0.393. The number of nitrogens with one attached hydrogen (secondary N) is 2. The fourth-order valence-corrected chi connectivity index (χ4v) is 4.43. The first-order chi connectivity index (χ1) is 14.1. The molecule has 1 aliphatic rings. The van der Waals surface area contributed by atoms with Crippen molar-refractivity contribution in [3.8, 4) is 0 Å². The summed E-state index contributed by atoms with van der Waals surface area (Å²) < 4.78 is 0. The van der Waals surface area contributed by atoms with E-state index in [-0.39, 0.29) is 0 Å². The van der Waals surface area contributed by atoms with Crippen LogP contribution in [0, 0.1) is 12.8 Å². The quantitative estimate of drug-likeness (QED) is 0.510. The number of benzene rings is 1. The van der Waals surface area contributed by atoms with Gasteiger partial charge < -0.3 is 10.6 Å². The van der Waals surface area contributed by atoms with Gasteiger partial charge in [0.15, 0.2) is 5.96 Å². The summed E-state index contributed by atoms with van der Waals surface area (Å²) in [4.78, 5) is 11.5. The summed E-state index contributed by atoms with van der Waals surface area (Å²) in [6.07, 6.45) is 4.65. The molecule has 0 saturated carbocycles. The largest absolute Gasteiger partial charge is 0.356 e. The molecule has 1 aromatic carbocycles. The summed E-state index contributed by atoms with van der Waals surface area (Å²) in [5.74, 6) is 1.63. The van der Waals surface area contributed by atoms with Gasteiger partial charge in [0.05, 0.1) is 10.7 Å². The van der Waals surface area contributed by atoms with Crippen molar-refractivity contribution in [1.82, 2.24) is 20.5 Å². The molecule has 0 spiro atoms. The molecule has 1 aromatic heterocycles. The second-order valence-electron chi connectivity index (χ2n) is 8.10. The van der Waals surface area contributed by atoms with Gasteiger partial charge in [-0.2, -0.15) is 0 Å². The molecule has 0 bridgehead atoms. The minimum atomic E-state index is 0.393. The maximum Gasteiger partial charge on any atom is 0.191 e. The van der Waals surface area contributed by atoms with E-state index in [0.29, 0.717) is 12.0 Å². The molecule has 0 radical (unpaired) electrons. The van der Waals surface area contributed by atoms with Crippen molar-refractivity contribution in [1.29, 1.82) is 0 Å². The standard InChI is InChI=1S/C23H35N5S/c1-18(9-10-20-7-5-4-6-8-20)26-23(24-3)25-15-21-11-13-28(14-12-21)16-22-17-29-19(2)27-22/h4-8,17-18,21H,9-16H2,1-3H3,(H2,24,25,26). The van der Waals surface area contributed by atoms with Gasteiger partial charge in [0.1, 0.15) is 0 Å².